The highest BCUT2D eigenvalue weighted by Crippen LogP contribution is 2.29. The highest BCUT2D eigenvalue weighted by Gasteiger charge is 2.20. The lowest BCUT2D eigenvalue weighted by Gasteiger charge is -2.10. The quantitative estimate of drug-likeness (QED) is 0.106. The first-order chi connectivity index (χ1) is 17.9. The smallest absolute Gasteiger partial charge is 0.433 e. The lowest BCUT2D eigenvalue weighted by Crippen LogP contribution is -2.25. The third-order valence-corrected chi connectivity index (χ3v) is 5.05. The molecule has 0 radical (unpaired) electrons. The fourth-order valence-corrected chi connectivity index (χ4v) is 3.34. The molecule has 4 aromatic rings. The van der Waals surface area contributed by atoms with Gasteiger partial charge in [-0.05, 0) is 59.7 Å². The minimum absolute atomic E-state index is 0.0275. The number of amides is 1. The summed E-state index contributed by atoms with van der Waals surface area (Å²) in [6, 6.07) is 20.6. The van der Waals surface area contributed by atoms with Crippen LogP contribution in [-0.4, -0.2) is 36.2 Å². The van der Waals surface area contributed by atoms with E-state index in [2.05, 4.69) is 15.8 Å². The maximum Gasteiger partial charge on any atom is 0.433 e. The predicted octanol–water partition coefficient (Wildman–Crippen LogP) is 4.52. The number of hydrogen-bond donors (Lipinski definition) is 2. The van der Waals surface area contributed by atoms with Gasteiger partial charge in [-0.1, -0.05) is 30.3 Å². The van der Waals surface area contributed by atoms with Crippen LogP contribution in [0.1, 0.15) is 23.0 Å². The van der Waals surface area contributed by atoms with Crippen molar-refractivity contribution in [1.29, 1.82) is 0 Å². The van der Waals surface area contributed by atoms with Crippen molar-refractivity contribution < 1.29 is 28.4 Å². The van der Waals surface area contributed by atoms with Gasteiger partial charge < -0.3 is 19.2 Å². The van der Waals surface area contributed by atoms with Crippen molar-refractivity contribution in [2.24, 2.45) is 5.10 Å². The Balaban J connectivity index is 1.34. The van der Waals surface area contributed by atoms with Crippen LogP contribution in [0.15, 0.2) is 82.3 Å². The number of esters is 1. The monoisotopic (exact) mass is 502 g/mol. The molecule has 2 N–H and O–H groups in total. The molecular formula is C26H22N4O7. The van der Waals surface area contributed by atoms with Gasteiger partial charge in [-0.25, -0.2) is 10.2 Å². The number of fused-ring (bicyclic) bond motifs is 1. The largest absolute Gasteiger partial charge is 0.490 e. The molecule has 1 aromatic heterocycles. The Bertz CT molecular complexity index is 1480. The Labute approximate surface area is 210 Å². The third kappa shape index (κ3) is 6.48. The molecule has 0 aliphatic rings. The van der Waals surface area contributed by atoms with Gasteiger partial charge in [0.1, 0.15) is 4.92 Å². The van der Waals surface area contributed by atoms with E-state index in [4.69, 9.17) is 13.9 Å². The first-order valence-electron chi connectivity index (χ1n) is 11.2. The number of ether oxygens (including phenoxy) is 2. The van der Waals surface area contributed by atoms with Crippen LogP contribution in [0.2, 0.25) is 0 Å². The number of anilines is 1. The Kier molecular flexibility index (Phi) is 7.74. The molecule has 0 unspecified atom stereocenters. The van der Waals surface area contributed by atoms with Gasteiger partial charge in [-0.15, -0.1) is 0 Å². The molecule has 0 saturated heterocycles. The average molecular weight is 502 g/mol. The molecular weight excluding hydrogens is 480 g/mol. The standard InChI is InChI=1S/C26H22N4O7/c1-2-35-23-13-17(7-10-21(23)37-26(32)22-11-12-25(36-22)30(33)34)15-28-29-24(31)16-27-20-9-8-18-5-3-4-6-19(18)14-20/h3-15,27H,2,16H2,1H3,(H,29,31). The van der Waals surface area contributed by atoms with E-state index >= 15 is 0 Å². The lowest BCUT2D eigenvalue weighted by atomic mass is 10.1. The van der Waals surface area contributed by atoms with Gasteiger partial charge in [0.05, 0.1) is 25.4 Å². The van der Waals surface area contributed by atoms with Crippen LogP contribution < -0.4 is 20.2 Å². The Morgan fingerprint density at radius 1 is 1.03 bits per heavy atom. The third-order valence-electron chi connectivity index (χ3n) is 5.05. The second-order valence-corrected chi connectivity index (χ2v) is 7.63. The Hall–Kier alpha value is -5.19. The Morgan fingerprint density at radius 3 is 2.59 bits per heavy atom. The van der Waals surface area contributed by atoms with Crippen LogP contribution in [0.3, 0.4) is 0 Å². The summed E-state index contributed by atoms with van der Waals surface area (Å²) in [4.78, 5) is 34.5. The van der Waals surface area contributed by atoms with Gasteiger partial charge in [0, 0.05) is 5.69 Å². The zero-order valence-corrected chi connectivity index (χ0v) is 19.7. The number of rotatable bonds is 10. The molecule has 0 aliphatic carbocycles. The van der Waals surface area contributed by atoms with Gasteiger partial charge in [0.2, 0.25) is 5.76 Å². The molecule has 0 bridgehead atoms. The molecule has 11 nitrogen and oxygen atoms in total. The van der Waals surface area contributed by atoms with E-state index in [-0.39, 0.29) is 36.3 Å². The number of hydrazone groups is 1. The van der Waals surface area contributed by atoms with Gasteiger partial charge >= 0.3 is 11.9 Å². The molecule has 11 heteroatoms. The van der Waals surface area contributed by atoms with Crippen LogP contribution in [-0.2, 0) is 4.79 Å². The summed E-state index contributed by atoms with van der Waals surface area (Å²) >= 11 is 0. The number of carbonyl (C=O) groups excluding carboxylic acids is 2. The summed E-state index contributed by atoms with van der Waals surface area (Å²) < 4.78 is 15.7. The van der Waals surface area contributed by atoms with Crippen LogP contribution in [0.4, 0.5) is 11.6 Å². The molecule has 0 fully saturated rings. The average Bonchev–Trinajstić information content (AvgIpc) is 3.40. The minimum Gasteiger partial charge on any atom is -0.490 e. The predicted molar refractivity (Wildman–Crippen MR) is 136 cm³/mol. The molecule has 0 saturated carbocycles. The first kappa shape index (κ1) is 24.9. The molecule has 3 aromatic carbocycles. The summed E-state index contributed by atoms with van der Waals surface area (Å²) in [5, 5.41) is 19.9. The number of hydrogen-bond acceptors (Lipinski definition) is 9. The lowest BCUT2D eigenvalue weighted by molar-refractivity contribution is -0.402. The number of nitrogens with zero attached hydrogens (tertiary/aromatic N) is 2. The van der Waals surface area contributed by atoms with E-state index in [0.29, 0.717) is 5.56 Å². The molecule has 0 aliphatic heterocycles. The summed E-state index contributed by atoms with van der Waals surface area (Å²) in [6.07, 6.45) is 1.41. The fourth-order valence-electron chi connectivity index (χ4n) is 3.34. The molecule has 188 valence electrons. The van der Waals surface area contributed by atoms with Gasteiger partial charge in [-0.2, -0.15) is 5.10 Å². The second kappa shape index (κ2) is 11.5. The topological polar surface area (TPSA) is 145 Å². The molecule has 0 atom stereocenters. The van der Waals surface area contributed by atoms with Crippen LogP contribution in [0, 0.1) is 10.1 Å². The van der Waals surface area contributed by atoms with E-state index < -0.39 is 16.8 Å². The summed E-state index contributed by atoms with van der Waals surface area (Å²) in [5.41, 5.74) is 3.83. The van der Waals surface area contributed by atoms with Gasteiger partial charge in [0.25, 0.3) is 5.91 Å². The number of carbonyl (C=O) groups is 2. The van der Waals surface area contributed by atoms with Crippen molar-refractivity contribution in [2.45, 2.75) is 6.92 Å². The zero-order valence-electron chi connectivity index (χ0n) is 19.7. The van der Waals surface area contributed by atoms with Crippen molar-refractivity contribution in [1.82, 2.24) is 5.43 Å². The number of benzene rings is 3. The zero-order chi connectivity index (χ0) is 26.2. The van der Waals surface area contributed by atoms with Crippen LogP contribution in [0.5, 0.6) is 11.5 Å². The highest BCUT2D eigenvalue weighted by atomic mass is 16.7. The van der Waals surface area contributed by atoms with Crippen molar-refractivity contribution in [3.8, 4) is 11.5 Å². The highest BCUT2D eigenvalue weighted by molar-refractivity contribution is 5.90. The van der Waals surface area contributed by atoms with E-state index in [9.17, 15) is 19.7 Å². The summed E-state index contributed by atoms with van der Waals surface area (Å²) in [7, 11) is 0. The van der Waals surface area contributed by atoms with Gasteiger partial charge in [-0.3, -0.25) is 14.9 Å². The SMILES string of the molecule is CCOc1cc(C=NNC(=O)CNc2ccc3ccccc3c2)ccc1OC(=O)c1ccc([N+](=O)[O-])o1. The maximum atomic E-state index is 12.3. The van der Waals surface area contributed by atoms with Crippen molar-refractivity contribution in [3.05, 3.63) is 94.2 Å². The van der Waals surface area contributed by atoms with E-state index in [1.165, 1.54) is 12.3 Å². The van der Waals surface area contributed by atoms with Crippen molar-refractivity contribution >= 4 is 40.4 Å². The molecule has 0 spiro atoms. The molecule has 1 heterocycles. The van der Waals surface area contributed by atoms with Crippen LogP contribution >= 0.6 is 0 Å². The summed E-state index contributed by atoms with van der Waals surface area (Å²) in [5.74, 6) is -1.82. The van der Waals surface area contributed by atoms with Crippen molar-refractivity contribution in [2.75, 3.05) is 18.5 Å². The summed E-state index contributed by atoms with van der Waals surface area (Å²) in [6.45, 7) is 2.07. The molecule has 4 rings (SSSR count). The first-order valence-corrected chi connectivity index (χ1v) is 11.2. The molecule has 1 amide bonds. The Morgan fingerprint density at radius 2 is 1.84 bits per heavy atom. The maximum absolute atomic E-state index is 12.3. The van der Waals surface area contributed by atoms with Gasteiger partial charge in [0.15, 0.2) is 11.5 Å². The number of furan rings is 1. The second-order valence-electron chi connectivity index (χ2n) is 7.63. The molecule has 37 heavy (non-hydrogen) atoms. The van der Waals surface area contributed by atoms with E-state index in [0.717, 1.165) is 28.6 Å². The number of nitro groups is 1. The normalized spacial score (nSPS) is 10.8. The van der Waals surface area contributed by atoms with Crippen LogP contribution in [0.25, 0.3) is 10.8 Å². The van der Waals surface area contributed by atoms with E-state index in [1.54, 1.807) is 19.1 Å². The minimum atomic E-state index is -0.915. The number of nitrogens with one attached hydrogen (secondary N) is 2. The van der Waals surface area contributed by atoms with Crippen molar-refractivity contribution in [3.63, 3.8) is 0 Å². The van der Waals surface area contributed by atoms with E-state index in [1.807, 2.05) is 42.5 Å². The fraction of sp³-hybridized carbons (Fsp3) is 0.115.